The Labute approximate surface area is 112 Å². The van der Waals surface area contributed by atoms with Crippen molar-refractivity contribution in [1.82, 2.24) is 14.7 Å². The third-order valence-corrected chi connectivity index (χ3v) is 3.92. The maximum absolute atomic E-state index is 6.27. The fourth-order valence-corrected chi connectivity index (χ4v) is 3.03. The average molecular weight is 260 g/mol. The molecule has 2 aromatic rings. The molecule has 0 aliphatic heterocycles. The third-order valence-electron chi connectivity index (χ3n) is 3.92. The summed E-state index contributed by atoms with van der Waals surface area (Å²) in [5, 5.41) is 3.85. The van der Waals surface area contributed by atoms with Crippen LogP contribution in [0.4, 0.5) is 0 Å². The standard InChI is InChI=1S/C14H20N4O/c1-14(2)7-11(15)10-3-5-18(12(10)8-14)6-4-13-16-9-19-17-13/h3,5,9,11H,4,6-8,15H2,1-2H3. The van der Waals surface area contributed by atoms with Gasteiger partial charge in [-0.1, -0.05) is 19.0 Å². The van der Waals surface area contributed by atoms with E-state index >= 15 is 0 Å². The van der Waals surface area contributed by atoms with Crippen LogP contribution in [0.5, 0.6) is 0 Å². The highest BCUT2D eigenvalue weighted by atomic mass is 16.5. The first kappa shape index (κ1) is 12.4. The highest BCUT2D eigenvalue weighted by molar-refractivity contribution is 5.30. The second kappa shape index (κ2) is 4.49. The lowest BCUT2D eigenvalue weighted by Gasteiger charge is -2.34. The number of hydrogen-bond acceptors (Lipinski definition) is 4. The maximum atomic E-state index is 6.27. The second-order valence-corrected chi connectivity index (χ2v) is 6.16. The topological polar surface area (TPSA) is 69.9 Å². The van der Waals surface area contributed by atoms with Crippen LogP contribution in [0.25, 0.3) is 0 Å². The highest BCUT2D eigenvalue weighted by Crippen LogP contribution is 2.39. The second-order valence-electron chi connectivity index (χ2n) is 6.16. The number of nitrogens with two attached hydrogens (primary N) is 1. The Morgan fingerprint density at radius 3 is 3.11 bits per heavy atom. The number of rotatable bonds is 3. The summed E-state index contributed by atoms with van der Waals surface area (Å²) in [7, 11) is 0. The molecule has 19 heavy (non-hydrogen) atoms. The van der Waals surface area contributed by atoms with Crippen LogP contribution in [-0.4, -0.2) is 14.7 Å². The summed E-state index contributed by atoms with van der Waals surface area (Å²) in [4.78, 5) is 4.06. The molecule has 102 valence electrons. The monoisotopic (exact) mass is 260 g/mol. The van der Waals surface area contributed by atoms with Gasteiger partial charge in [-0.3, -0.25) is 0 Å². The fourth-order valence-electron chi connectivity index (χ4n) is 3.03. The number of fused-ring (bicyclic) bond motifs is 1. The van der Waals surface area contributed by atoms with Gasteiger partial charge >= 0.3 is 0 Å². The molecular formula is C14H20N4O. The molecule has 5 nitrogen and oxygen atoms in total. The van der Waals surface area contributed by atoms with Crippen LogP contribution in [-0.2, 0) is 19.4 Å². The Bertz CT molecular complexity index is 556. The van der Waals surface area contributed by atoms with Crippen LogP contribution in [0, 0.1) is 5.41 Å². The van der Waals surface area contributed by atoms with Crippen molar-refractivity contribution in [1.29, 1.82) is 0 Å². The van der Waals surface area contributed by atoms with Gasteiger partial charge in [-0.05, 0) is 29.9 Å². The maximum Gasteiger partial charge on any atom is 0.213 e. The van der Waals surface area contributed by atoms with Crippen LogP contribution in [0.15, 0.2) is 23.2 Å². The molecule has 0 amide bonds. The average Bonchev–Trinajstić information content (AvgIpc) is 2.93. The van der Waals surface area contributed by atoms with E-state index in [1.54, 1.807) is 0 Å². The van der Waals surface area contributed by atoms with Gasteiger partial charge in [0, 0.05) is 30.9 Å². The summed E-state index contributed by atoms with van der Waals surface area (Å²) in [5.74, 6) is 0.752. The molecule has 0 fully saturated rings. The number of nitrogens with zero attached hydrogens (tertiary/aromatic N) is 3. The van der Waals surface area contributed by atoms with Crippen molar-refractivity contribution in [3.8, 4) is 0 Å². The van der Waals surface area contributed by atoms with Gasteiger partial charge in [-0.2, -0.15) is 4.98 Å². The van der Waals surface area contributed by atoms with Gasteiger partial charge in [-0.25, -0.2) is 0 Å². The van der Waals surface area contributed by atoms with Crippen molar-refractivity contribution in [2.75, 3.05) is 0 Å². The first-order valence-electron chi connectivity index (χ1n) is 6.74. The Balaban J connectivity index is 1.80. The minimum Gasteiger partial charge on any atom is -0.351 e. The van der Waals surface area contributed by atoms with Gasteiger partial charge in [-0.15, -0.1) is 0 Å². The third kappa shape index (κ3) is 2.42. The smallest absolute Gasteiger partial charge is 0.213 e. The van der Waals surface area contributed by atoms with E-state index in [-0.39, 0.29) is 11.5 Å². The minimum atomic E-state index is 0.158. The van der Waals surface area contributed by atoms with Gasteiger partial charge in [0.15, 0.2) is 5.82 Å². The van der Waals surface area contributed by atoms with Gasteiger partial charge in [0.2, 0.25) is 6.39 Å². The Kier molecular flexibility index (Phi) is 2.93. The zero-order valence-corrected chi connectivity index (χ0v) is 11.5. The molecule has 2 heterocycles. The van der Waals surface area contributed by atoms with E-state index in [4.69, 9.17) is 10.3 Å². The SMILES string of the molecule is CC1(C)Cc2c(ccn2CCc2ncon2)C(N)C1. The first-order valence-corrected chi connectivity index (χ1v) is 6.74. The Morgan fingerprint density at radius 1 is 1.53 bits per heavy atom. The molecule has 2 aromatic heterocycles. The van der Waals surface area contributed by atoms with Gasteiger partial charge in [0.05, 0.1) is 0 Å². The fraction of sp³-hybridized carbons (Fsp3) is 0.571. The normalized spacial score (nSPS) is 21.3. The number of aryl methyl sites for hydroxylation is 2. The zero-order chi connectivity index (χ0) is 13.5. The summed E-state index contributed by atoms with van der Waals surface area (Å²) >= 11 is 0. The van der Waals surface area contributed by atoms with Crippen molar-refractivity contribution >= 4 is 0 Å². The van der Waals surface area contributed by atoms with Crippen molar-refractivity contribution in [3.05, 3.63) is 35.7 Å². The van der Waals surface area contributed by atoms with Crippen LogP contribution in [0.1, 0.15) is 43.4 Å². The quantitative estimate of drug-likeness (QED) is 0.917. The van der Waals surface area contributed by atoms with Crippen molar-refractivity contribution in [3.63, 3.8) is 0 Å². The summed E-state index contributed by atoms with van der Waals surface area (Å²) in [6.07, 6.45) is 6.42. The predicted octanol–water partition coefficient (Wildman–Crippen LogP) is 2.09. The van der Waals surface area contributed by atoms with E-state index in [1.807, 2.05) is 0 Å². The van der Waals surface area contributed by atoms with E-state index < -0.39 is 0 Å². The van der Waals surface area contributed by atoms with Gasteiger partial charge < -0.3 is 14.8 Å². The van der Waals surface area contributed by atoms with Crippen LogP contribution < -0.4 is 5.73 Å². The molecule has 1 aliphatic rings. The molecular weight excluding hydrogens is 240 g/mol. The molecule has 0 saturated heterocycles. The van der Waals surface area contributed by atoms with Crippen LogP contribution in [0.3, 0.4) is 0 Å². The molecule has 0 spiro atoms. The van der Waals surface area contributed by atoms with E-state index in [1.165, 1.54) is 17.7 Å². The van der Waals surface area contributed by atoms with Crippen molar-refractivity contribution < 1.29 is 4.52 Å². The van der Waals surface area contributed by atoms with E-state index in [0.29, 0.717) is 0 Å². The largest absolute Gasteiger partial charge is 0.351 e. The van der Waals surface area contributed by atoms with E-state index in [2.05, 4.69) is 40.8 Å². The van der Waals surface area contributed by atoms with E-state index in [0.717, 1.165) is 31.6 Å². The Morgan fingerprint density at radius 2 is 2.37 bits per heavy atom. The Hall–Kier alpha value is -1.62. The highest BCUT2D eigenvalue weighted by Gasteiger charge is 2.32. The van der Waals surface area contributed by atoms with Crippen LogP contribution >= 0.6 is 0 Å². The molecule has 0 saturated carbocycles. The van der Waals surface area contributed by atoms with Gasteiger partial charge in [0.1, 0.15) is 0 Å². The molecule has 5 heteroatoms. The lowest BCUT2D eigenvalue weighted by Crippen LogP contribution is -2.30. The lowest BCUT2D eigenvalue weighted by atomic mass is 9.74. The molecule has 0 bridgehead atoms. The van der Waals surface area contributed by atoms with Gasteiger partial charge in [0.25, 0.3) is 0 Å². The van der Waals surface area contributed by atoms with Crippen molar-refractivity contribution in [2.24, 2.45) is 11.1 Å². The summed E-state index contributed by atoms with van der Waals surface area (Å²) in [5.41, 5.74) is 9.21. The molecule has 2 N–H and O–H groups in total. The molecule has 1 aliphatic carbocycles. The molecule has 3 rings (SSSR count). The number of hydrogen-bond donors (Lipinski definition) is 1. The molecule has 0 aromatic carbocycles. The van der Waals surface area contributed by atoms with Crippen molar-refractivity contribution in [2.45, 2.75) is 45.7 Å². The summed E-state index contributed by atoms with van der Waals surface area (Å²) < 4.78 is 7.04. The number of aromatic nitrogens is 3. The van der Waals surface area contributed by atoms with E-state index in [9.17, 15) is 0 Å². The zero-order valence-electron chi connectivity index (χ0n) is 11.5. The lowest BCUT2D eigenvalue weighted by molar-refractivity contribution is 0.275. The molecule has 1 atom stereocenters. The predicted molar refractivity (Wildman–Crippen MR) is 71.5 cm³/mol. The summed E-state index contributed by atoms with van der Waals surface area (Å²) in [6.45, 7) is 5.44. The molecule has 0 radical (unpaired) electrons. The van der Waals surface area contributed by atoms with Crippen LogP contribution in [0.2, 0.25) is 0 Å². The minimum absolute atomic E-state index is 0.158. The summed E-state index contributed by atoms with van der Waals surface area (Å²) in [6, 6.07) is 2.32. The molecule has 1 unspecified atom stereocenters. The first-order chi connectivity index (χ1) is 9.05.